The van der Waals surface area contributed by atoms with Gasteiger partial charge in [0.2, 0.25) is 0 Å². The SMILES string of the molecule is CCOCCCN1C(=O)C(Nc2ccc(OC)c(Cl)c2)=C(c2ccc(C)cc2)C1=O. The molecule has 0 radical (unpaired) electrons. The first-order chi connectivity index (χ1) is 14.5. The largest absolute Gasteiger partial charge is 0.495 e. The summed E-state index contributed by atoms with van der Waals surface area (Å²) in [6.45, 7) is 5.26. The fourth-order valence-electron chi connectivity index (χ4n) is 3.24. The van der Waals surface area contributed by atoms with Crippen molar-refractivity contribution in [3.63, 3.8) is 0 Å². The molecule has 158 valence electrons. The fourth-order valence-corrected chi connectivity index (χ4v) is 3.50. The number of hydrogen-bond acceptors (Lipinski definition) is 5. The lowest BCUT2D eigenvalue weighted by molar-refractivity contribution is -0.137. The summed E-state index contributed by atoms with van der Waals surface area (Å²) in [4.78, 5) is 27.5. The molecule has 1 aliphatic rings. The number of aryl methyl sites for hydroxylation is 1. The molecule has 2 aromatic rings. The van der Waals surface area contributed by atoms with Gasteiger partial charge in [0.05, 0.1) is 17.7 Å². The minimum absolute atomic E-state index is 0.237. The Morgan fingerprint density at radius 2 is 1.80 bits per heavy atom. The fraction of sp³-hybridized carbons (Fsp3) is 0.304. The number of ether oxygens (including phenoxy) is 2. The van der Waals surface area contributed by atoms with Crippen molar-refractivity contribution < 1.29 is 19.1 Å². The first kappa shape index (κ1) is 21.9. The van der Waals surface area contributed by atoms with Gasteiger partial charge in [0.25, 0.3) is 11.8 Å². The number of benzene rings is 2. The maximum absolute atomic E-state index is 13.2. The number of carbonyl (C=O) groups excluding carboxylic acids is 2. The molecule has 0 atom stereocenters. The molecule has 2 amide bonds. The number of nitrogens with zero attached hydrogens (tertiary/aromatic N) is 1. The van der Waals surface area contributed by atoms with Crippen LogP contribution in [-0.4, -0.2) is 43.6 Å². The van der Waals surface area contributed by atoms with Crippen molar-refractivity contribution in [2.24, 2.45) is 0 Å². The Bertz CT molecular complexity index is 970. The lowest BCUT2D eigenvalue weighted by Crippen LogP contribution is -2.34. The summed E-state index contributed by atoms with van der Waals surface area (Å²) in [5.74, 6) is -0.150. The molecule has 1 N–H and O–H groups in total. The van der Waals surface area contributed by atoms with Gasteiger partial charge >= 0.3 is 0 Å². The molecule has 0 spiro atoms. The van der Waals surface area contributed by atoms with E-state index < -0.39 is 0 Å². The van der Waals surface area contributed by atoms with Crippen LogP contribution in [0.5, 0.6) is 5.75 Å². The van der Waals surface area contributed by atoms with Gasteiger partial charge in [-0.2, -0.15) is 0 Å². The Hall–Kier alpha value is -2.83. The number of rotatable bonds is 9. The zero-order valence-electron chi connectivity index (χ0n) is 17.3. The Labute approximate surface area is 181 Å². The van der Waals surface area contributed by atoms with Gasteiger partial charge in [-0.3, -0.25) is 14.5 Å². The predicted octanol–water partition coefficient (Wildman–Crippen LogP) is 4.28. The van der Waals surface area contributed by atoms with E-state index in [1.807, 2.05) is 38.1 Å². The van der Waals surface area contributed by atoms with Gasteiger partial charge in [-0.1, -0.05) is 41.4 Å². The van der Waals surface area contributed by atoms with Crippen LogP contribution in [0.15, 0.2) is 48.2 Å². The summed E-state index contributed by atoms with van der Waals surface area (Å²) < 4.78 is 10.5. The molecule has 1 heterocycles. The van der Waals surface area contributed by atoms with E-state index in [1.54, 1.807) is 18.2 Å². The van der Waals surface area contributed by atoms with Crippen LogP contribution >= 0.6 is 11.6 Å². The van der Waals surface area contributed by atoms with Gasteiger partial charge in [0.15, 0.2) is 0 Å². The van der Waals surface area contributed by atoms with Crippen molar-refractivity contribution in [3.05, 3.63) is 64.3 Å². The Balaban J connectivity index is 1.94. The van der Waals surface area contributed by atoms with E-state index in [-0.39, 0.29) is 17.5 Å². The van der Waals surface area contributed by atoms with Crippen molar-refractivity contribution in [2.45, 2.75) is 20.3 Å². The highest BCUT2D eigenvalue weighted by Crippen LogP contribution is 2.33. The van der Waals surface area contributed by atoms with Crippen LogP contribution in [0.2, 0.25) is 5.02 Å². The number of nitrogens with one attached hydrogen (secondary N) is 1. The molecule has 0 fully saturated rings. The number of amides is 2. The van der Waals surface area contributed by atoms with E-state index in [9.17, 15) is 9.59 Å². The van der Waals surface area contributed by atoms with E-state index in [0.717, 1.165) is 5.56 Å². The lowest BCUT2D eigenvalue weighted by atomic mass is 10.0. The van der Waals surface area contributed by atoms with Gasteiger partial charge < -0.3 is 14.8 Å². The topological polar surface area (TPSA) is 67.9 Å². The molecule has 0 aliphatic carbocycles. The van der Waals surface area contributed by atoms with Gasteiger partial charge in [-0.25, -0.2) is 0 Å². The Morgan fingerprint density at radius 3 is 2.43 bits per heavy atom. The van der Waals surface area contributed by atoms with Gasteiger partial charge in [0.1, 0.15) is 11.4 Å². The smallest absolute Gasteiger partial charge is 0.278 e. The molecule has 6 nitrogen and oxygen atoms in total. The summed E-state index contributed by atoms with van der Waals surface area (Å²) in [6, 6.07) is 12.7. The molecular formula is C23H25ClN2O4. The third kappa shape index (κ3) is 4.66. The molecule has 1 aliphatic heterocycles. The number of halogens is 1. The number of anilines is 1. The lowest BCUT2D eigenvalue weighted by Gasteiger charge is -2.15. The summed E-state index contributed by atoms with van der Waals surface area (Å²) in [7, 11) is 1.53. The molecule has 3 rings (SSSR count). The standard InChI is InChI=1S/C23H25ClN2O4/c1-4-30-13-5-12-26-22(27)20(16-8-6-15(2)7-9-16)21(23(26)28)25-17-10-11-19(29-3)18(24)14-17/h6-11,14,25H,4-5,12-13H2,1-3H3. The Morgan fingerprint density at radius 1 is 1.07 bits per heavy atom. The summed E-state index contributed by atoms with van der Waals surface area (Å²) >= 11 is 6.22. The summed E-state index contributed by atoms with van der Waals surface area (Å²) in [6.07, 6.45) is 0.578. The zero-order valence-corrected chi connectivity index (χ0v) is 18.1. The second-order valence-electron chi connectivity index (χ2n) is 6.90. The summed E-state index contributed by atoms with van der Waals surface area (Å²) in [5, 5.41) is 3.51. The summed E-state index contributed by atoms with van der Waals surface area (Å²) in [5.41, 5.74) is 2.94. The minimum Gasteiger partial charge on any atom is -0.495 e. The van der Waals surface area contributed by atoms with Crippen LogP contribution < -0.4 is 10.1 Å². The monoisotopic (exact) mass is 428 g/mol. The quantitative estimate of drug-likeness (QED) is 0.477. The average Bonchev–Trinajstić information content (AvgIpc) is 2.96. The van der Waals surface area contributed by atoms with Crippen LogP contribution in [0.25, 0.3) is 5.57 Å². The van der Waals surface area contributed by atoms with Crippen molar-refractivity contribution in [2.75, 3.05) is 32.2 Å². The molecule has 0 unspecified atom stereocenters. The molecule has 0 bridgehead atoms. The van der Waals surface area contributed by atoms with E-state index in [0.29, 0.717) is 53.8 Å². The van der Waals surface area contributed by atoms with Gasteiger partial charge in [-0.15, -0.1) is 0 Å². The molecule has 7 heteroatoms. The van der Waals surface area contributed by atoms with Crippen molar-refractivity contribution in [1.29, 1.82) is 0 Å². The maximum atomic E-state index is 13.2. The first-order valence-corrected chi connectivity index (χ1v) is 10.2. The van der Waals surface area contributed by atoms with Crippen LogP contribution in [0, 0.1) is 6.92 Å². The van der Waals surface area contributed by atoms with Crippen LogP contribution in [0.1, 0.15) is 24.5 Å². The molecule has 30 heavy (non-hydrogen) atoms. The molecule has 0 saturated carbocycles. The number of imide groups is 1. The molecule has 2 aromatic carbocycles. The van der Waals surface area contributed by atoms with Gasteiger partial charge in [-0.05, 0) is 44.0 Å². The number of methoxy groups -OCH3 is 1. The van der Waals surface area contributed by atoms with Crippen LogP contribution in [0.3, 0.4) is 0 Å². The minimum atomic E-state index is -0.362. The molecular weight excluding hydrogens is 404 g/mol. The van der Waals surface area contributed by atoms with E-state index in [4.69, 9.17) is 21.1 Å². The van der Waals surface area contributed by atoms with E-state index in [2.05, 4.69) is 5.32 Å². The first-order valence-electron chi connectivity index (χ1n) is 9.82. The highest BCUT2D eigenvalue weighted by atomic mass is 35.5. The van der Waals surface area contributed by atoms with Crippen molar-refractivity contribution in [3.8, 4) is 5.75 Å². The maximum Gasteiger partial charge on any atom is 0.278 e. The molecule has 0 saturated heterocycles. The highest BCUT2D eigenvalue weighted by Gasteiger charge is 2.38. The Kier molecular flexibility index (Phi) is 7.13. The second-order valence-corrected chi connectivity index (χ2v) is 7.31. The van der Waals surface area contributed by atoms with Crippen LogP contribution in [0.4, 0.5) is 5.69 Å². The average molecular weight is 429 g/mol. The highest BCUT2D eigenvalue weighted by molar-refractivity contribution is 6.36. The van der Waals surface area contributed by atoms with Crippen molar-refractivity contribution in [1.82, 2.24) is 4.90 Å². The third-order valence-corrected chi connectivity index (χ3v) is 5.10. The zero-order chi connectivity index (χ0) is 21.7. The predicted molar refractivity (Wildman–Crippen MR) is 118 cm³/mol. The van der Waals surface area contributed by atoms with E-state index >= 15 is 0 Å². The van der Waals surface area contributed by atoms with Crippen LogP contribution in [-0.2, 0) is 14.3 Å². The van der Waals surface area contributed by atoms with E-state index in [1.165, 1.54) is 12.0 Å². The van der Waals surface area contributed by atoms with Gasteiger partial charge in [0, 0.05) is 25.4 Å². The molecule has 0 aromatic heterocycles. The van der Waals surface area contributed by atoms with Crippen molar-refractivity contribution >= 4 is 34.7 Å². The number of hydrogen-bond donors (Lipinski definition) is 1. The second kappa shape index (κ2) is 9.78. The normalized spacial score (nSPS) is 13.9. The number of carbonyl (C=O) groups is 2. The third-order valence-electron chi connectivity index (χ3n) is 4.80.